The fourth-order valence-electron chi connectivity index (χ4n) is 4.43. The molecular weight excluding hydrogens is 568 g/mol. The van der Waals surface area contributed by atoms with Crippen LogP contribution in [0.2, 0.25) is 0 Å². The van der Waals surface area contributed by atoms with Crippen LogP contribution in [0.1, 0.15) is 5.56 Å². The van der Waals surface area contributed by atoms with Crippen LogP contribution in [0.25, 0.3) is 53.9 Å². The lowest BCUT2D eigenvalue weighted by Gasteiger charge is -2.10. The molecule has 0 bridgehead atoms. The fraction of sp³-hybridized carbons (Fsp3) is 0.0625. The number of amides is 4. The van der Waals surface area contributed by atoms with Gasteiger partial charge in [-0.2, -0.15) is 0 Å². The molecule has 4 amide bonds. The monoisotopic (exact) mass is 600 g/mol. The van der Waals surface area contributed by atoms with E-state index in [1.165, 1.54) is 66.5 Å². The Morgan fingerprint density at radius 1 is 0.500 bits per heavy atom. The average Bonchev–Trinajstić information content (AvgIpc) is 2.94. The molecule has 0 aromatic heterocycles. The molecule has 6 rings (SSSR count). The van der Waals surface area contributed by atoms with Gasteiger partial charge in [0, 0.05) is 0 Å². The van der Waals surface area contributed by atoms with Crippen molar-refractivity contribution in [1.82, 2.24) is 0 Å². The Bertz CT molecular complexity index is 1940. The summed E-state index contributed by atoms with van der Waals surface area (Å²) in [7, 11) is 1.22. The first kappa shape index (κ1) is 33.9. The van der Waals surface area contributed by atoms with Gasteiger partial charge in [0.15, 0.2) is 0 Å². The Hall–Kier alpha value is -6.30. The van der Waals surface area contributed by atoms with E-state index in [-0.39, 0.29) is 0 Å². The third kappa shape index (κ3) is 9.96. The first-order valence-corrected chi connectivity index (χ1v) is 12.7. The Balaban J connectivity index is 0.000000331. The fourth-order valence-corrected chi connectivity index (χ4v) is 4.43. The zero-order valence-corrected chi connectivity index (χ0v) is 23.9. The maximum atomic E-state index is 9.37. The molecule has 44 heavy (non-hydrogen) atoms. The van der Waals surface area contributed by atoms with Crippen molar-refractivity contribution in [3.8, 4) is 0 Å². The van der Waals surface area contributed by atoms with Gasteiger partial charge in [-0.1, -0.05) is 54.6 Å². The standard InChI is InChI=1S/C27H18.C2H5NO2.3CH3NO2/c1-17-5-4-8-20-13-21-9-10-22-14-23-11-18-6-2-3-7-19(18)12-24(23)15-26(22)27(21)16-25(17)20;1-5-2(3)4;3*2-1(3)4/h2-16H,1H3;1H3,(H2,3,4);3*2H2,(H,3,4). The molecule has 0 saturated carbocycles. The van der Waals surface area contributed by atoms with Crippen LogP contribution >= 0.6 is 0 Å². The maximum absolute atomic E-state index is 9.37. The SMILES string of the molecule is COC(N)=O.Cc1cccc2cc3ccc4cc5cc6ccccc6cc5cc4c3cc12.NC(=O)O.NC(=O)O.NC(=O)O. The Labute approximate surface area is 251 Å². The van der Waals surface area contributed by atoms with Gasteiger partial charge in [0.25, 0.3) is 0 Å². The average molecular weight is 601 g/mol. The maximum Gasteiger partial charge on any atom is 0.404 e. The van der Waals surface area contributed by atoms with E-state index in [1.807, 2.05) is 0 Å². The van der Waals surface area contributed by atoms with Crippen molar-refractivity contribution in [2.24, 2.45) is 22.9 Å². The first-order chi connectivity index (χ1) is 20.7. The van der Waals surface area contributed by atoms with Crippen LogP contribution in [-0.4, -0.2) is 46.8 Å². The molecule has 11 N–H and O–H groups in total. The minimum absolute atomic E-state index is 0.745. The van der Waals surface area contributed by atoms with Crippen molar-refractivity contribution in [2.75, 3.05) is 7.11 Å². The molecule has 0 saturated heterocycles. The summed E-state index contributed by atoms with van der Waals surface area (Å²) in [5.41, 5.74) is 17.8. The number of methoxy groups -OCH3 is 1. The number of carboxylic acid groups (broad SMARTS) is 3. The molecule has 228 valence electrons. The van der Waals surface area contributed by atoms with Gasteiger partial charge in [-0.3, -0.25) is 0 Å². The van der Waals surface area contributed by atoms with Crippen LogP contribution < -0.4 is 22.9 Å². The number of rotatable bonds is 0. The van der Waals surface area contributed by atoms with Gasteiger partial charge in [-0.15, -0.1) is 0 Å². The predicted octanol–water partition coefficient (Wildman–Crippen LogP) is 6.34. The van der Waals surface area contributed by atoms with Gasteiger partial charge in [0.05, 0.1) is 7.11 Å². The highest BCUT2D eigenvalue weighted by molar-refractivity contribution is 6.16. The van der Waals surface area contributed by atoms with Gasteiger partial charge >= 0.3 is 24.4 Å². The molecule has 0 aliphatic rings. The molecule has 6 aromatic rings. The van der Waals surface area contributed by atoms with E-state index in [9.17, 15) is 4.79 Å². The zero-order chi connectivity index (χ0) is 33.0. The van der Waals surface area contributed by atoms with E-state index in [0.29, 0.717) is 0 Å². The molecule has 0 spiro atoms. The third-order valence-electron chi connectivity index (χ3n) is 6.08. The molecule has 6 aromatic carbocycles. The van der Waals surface area contributed by atoms with E-state index in [1.54, 1.807) is 0 Å². The second kappa shape index (κ2) is 15.6. The van der Waals surface area contributed by atoms with Crippen molar-refractivity contribution in [1.29, 1.82) is 0 Å². The van der Waals surface area contributed by atoms with Crippen molar-refractivity contribution in [2.45, 2.75) is 6.92 Å². The lowest BCUT2D eigenvalue weighted by molar-refractivity contribution is 0.182. The lowest BCUT2D eigenvalue weighted by Crippen LogP contribution is -2.08. The van der Waals surface area contributed by atoms with Gasteiger partial charge < -0.3 is 43.0 Å². The van der Waals surface area contributed by atoms with E-state index >= 15 is 0 Å². The summed E-state index contributed by atoms with van der Waals surface area (Å²) in [5.74, 6) is 0. The molecule has 0 unspecified atom stereocenters. The number of carbonyl (C=O) groups is 4. The second-order valence-corrected chi connectivity index (χ2v) is 9.09. The number of primary amides is 4. The van der Waals surface area contributed by atoms with Crippen LogP contribution in [0.15, 0.2) is 91.0 Å². The summed E-state index contributed by atoms with van der Waals surface area (Å²) in [6.45, 7) is 2.20. The van der Waals surface area contributed by atoms with Gasteiger partial charge in [-0.25, -0.2) is 19.2 Å². The van der Waals surface area contributed by atoms with E-state index in [4.69, 9.17) is 29.7 Å². The van der Waals surface area contributed by atoms with Gasteiger partial charge in [0.1, 0.15) is 0 Å². The molecule has 0 radical (unpaired) electrons. The zero-order valence-electron chi connectivity index (χ0n) is 23.9. The summed E-state index contributed by atoms with van der Waals surface area (Å²) >= 11 is 0. The van der Waals surface area contributed by atoms with Crippen LogP contribution in [0.5, 0.6) is 0 Å². The number of hydrogen-bond acceptors (Lipinski definition) is 5. The molecule has 12 nitrogen and oxygen atoms in total. The van der Waals surface area contributed by atoms with Crippen molar-refractivity contribution >= 4 is 78.2 Å². The van der Waals surface area contributed by atoms with Gasteiger partial charge in [-0.05, 0) is 103 Å². The molecule has 0 fully saturated rings. The second-order valence-electron chi connectivity index (χ2n) is 9.09. The molecule has 0 aliphatic carbocycles. The topological polar surface area (TPSA) is 242 Å². The third-order valence-corrected chi connectivity index (χ3v) is 6.08. The molecule has 0 aliphatic heterocycles. The molecule has 12 heteroatoms. The number of benzene rings is 6. The van der Waals surface area contributed by atoms with Gasteiger partial charge in [0.2, 0.25) is 0 Å². The number of aryl methyl sites for hydroxylation is 1. The number of fused-ring (bicyclic) bond motifs is 6. The van der Waals surface area contributed by atoms with E-state index in [0.717, 1.165) is 0 Å². The Morgan fingerprint density at radius 3 is 1.30 bits per heavy atom. The molecular formula is C32H32N4O8. The summed E-state index contributed by atoms with van der Waals surface area (Å²) in [5, 5.41) is 34.7. The van der Waals surface area contributed by atoms with Crippen molar-refractivity contribution in [3.63, 3.8) is 0 Å². The molecule has 0 atom stereocenters. The Morgan fingerprint density at radius 2 is 0.841 bits per heavy atom. The molecule has 0 heterocycles. The van der Waals surface area contributed by atoms with Crippen molar-refractivity contribution < 1.29 is 39.2 Å². The lowest BCUT2D eigenvalue weighted by atomic mass is 9.94. The van der Waals surface area contributed by atoms with Crippen molar-refractivity contribution in [3.05, 3.63) is 96.6 Å². The Kier molecular flexibility index (Phi) is 12.0. The van der Waals surface area contributed by atoms with E-state index in [2.05, 4.69) is 126 Å². The summed E-state index contributed by atoms with van der Waals surface area (Å²) in [6.07, 6.45) is -4.75. The summed E-state index contributed by atoms with van der Waals surface area (Å²) in [6, 6.07) is 33.7. The highest BCUT2D eigenvalue weighted by atomic mass is 16.5. The van der Waals surface area contributed by atoms with Crippen LogP contribution in [-0.2, 0) is 4.74 Å². The number of nitrogens with two attached hydrogens (primary N) is 4. The smallest absolute Gasteiger partial charge is 0.404 e. The summed E-state index contributed by atoms with van der Waals surface area (Å²) < 4.78 is 3.89. The van der Waals surface area contributed by atoms with Crippen LogP contribution in [0.3, 0.4) is 0 Å². The highest BCUT2D eigenvalue weighted by Gasteiger charge is 2.07. The van der Waals surface area contributed by atoms with Crippen LogP contribution in [0.4, 0.5) is 19.2 Å². The summed E-state index contributed by atoms with van der Waals surface area (Å²) in [4.78, 5) is 35.7. The quantitative estimate of drug-likeness (QED) is 0.0763. The largest absolute Gasteiger partial charge is 0.465 e. The first-order valence-electron chi connectivity index (χ1n) is 12.7. The normalized spacial score (nSPS) is 9.68. The van der Waals surface area contributed by atoms with E-state index < -0.39 is 24.4 Å². The number of ether oxygens (including phenoxy) is 1. The minimum Gasteiger partial charge on any atom is -0.465 e. The number of hydrogen-bond donors (Lipinski definition) is 7. The minimum atomic E-state index is -1.33. The van der Waals surface area contributed by atoms with Crippen LogP contribution in [0, 0.1) is 6.92 Å². The highest BCUT2D eigenvalue weighted by Crippen LogP contribution is 2.34. The predicted molar refractivity (Wildman–Crippen MR) is 172 cm³/mol. The number of carbonyl (C=O) groups excluding carboxylic acids is 1.